The van der Waals surface area contributed by atoms with Crippen LogP contribution in [-0.2, 0) is 9.53 Å². The molecule has 1 amide bonds. The summed E-state index contributed by atoms with van der Waals surface area (Å²) in [6, 6.07) is 4.24. The van der Waals surface area contributed by atoms with Gasteiger partial charge in [-0.2, -0.15) is 0 Å². The third-order valence-corrected chi connectivity index (χ3v) is 3.10. The molecule has 0 aromatic heterocycles. The molecule has 0 radical (unpaired) electrons. The Morgan fingerprint density at radius 3 is 2.58 bits per heavy atom. The number of esters is 1. The number of carbonyl (C=O) groups is 2. The van der Waals surface area contributed by atoms with Gasteiger partial charge < -0.3 is 14.7 Å². The molecule has 0 bridgehead atoms. The van der Waals surface area contributed by atoms with Gasteiger partial charge in [-0.05, 0) is 24.3 Å². The Morgan fingerprint density at radius 1 is 1.37 bits per heavy atom. The number of benzene rings is 1. The van der Waals surface area contributed by atoms with Crippen LogP contribution in [-0.4, -0.2) is 47.7 Å². The molecule has 102 valence electrons. The highest BCUT2D eigenvalue weighted by Gasteiger charge is 2.39. The standard InChI is InChI=1S/C13H14FNO4/c1-19-13(18)11-6-10(16)7-15(11)12(17)8-2-4-9(14)5-3-8/h2-5,10-11,16H,6-7H2,1H3/t10-,11-/m0/s1. The van der Waals surface area contributed by atoms with Crippen LogP contribution in [0.2, 0.25) is 0 Å². The van der Waals surface area contributed by atoms with Gasteiger partial charge in [-0.3, -0.25) is 4.79 Å². The molecular formula is C13H14FNO4. The number of likely N-dealkylation sites (tertiary alicyclic amines) is 1. The van der Waals surface area contributed by atoms with Gasteiger partial charge >= 0.3 is 5.97 Å². The number of carbonyl (C=O) groups excluding carboxylic acids is 2. The van der Waals surface area contributed by atoms with Gasteiger partial charge in [-0.15, -0.1) is 0 Å². The number of rotatable bonds is 2. The van der Waals surface area contributed by atoms with Crippen LogP contribution in [0.1, 0.15) is 16.8 Å². The lowest BCUT2D eigenvalue weighted by atomic mass is 10.1. The van der Waals surface area contributed by atoms with Gasteiger partial charge in [0.05, 0.1) is 13.2 Å². The van der Waals surface area contributed by atoms with Gasteiger partial charge in [0, 0.05) is 18.5 Å². The van der Waals surface area contributed by atoms with Crippen molar-refractivity contribution >= 4 is 11.9 Å². The van der Waals surface area contributed by atoms with E-state index in [4.69, 9.17) is 0 Å². The SMILES string of the molecule is COC(=O)[C@@H]1C[C@H](O)CN1C(=O)c1ccc(F)cc1. The summed E-state index contributed by atoms with van der Waals surface area (Å²) in [6.45, 7) is 0.0655. The fraction of sp³-hybridized carbons (Fsp3) is 0.385. The third-order valence-electron chi connectivity index (χ3n) is 3.10. The van der Waals surface area contributed by atoms with Crippen molar-refractivity contribution in [1.82, 2.24) is 4.90 Å². The van der Waals surface area contributed by atoms with Crippen molar-refractivity contribution in [2.75, 3.05) is 13.7 Å². The van der Waals surface area contributed by atoms with E-state index >= 15 is 0 Å². The number of amides is 1. The summed E-state index contributed by atoms with van der Waals surface area (Å²) in [6.07, 6.45) is -0.604. The molecule has 1 saturated heterocycles. The quantitative estimate of drug-likeness (QED) is 0.796. The zero-order valence-electron chi connectivity index (χ0n) is 10.4. The van der Waals surface area contributed by atoms with Crippen LogP contribution in [0.3, 0.4) is 0 Å². The van der Waals surface area contributed by atoms with E-state index in [-0.39, 0.29) is 18.5 Å². The molecule has 1 aromatic carbocycles. The number of ether oxygens (including phenoxy) is 1. The molecule has 2 rings (SSSR count). The molecule has 1 aromatic rings. The topological polar surface area (TPSA) is 66.8 Å². The van der Waals surface area contributed by atoms with E-state index in [1.54, 1.807) is 0 Å². The predicted octanol–water partition coefficient (Wildman–Crippen LogP) is 0.574. The minimum absolute atomic E-state index is 0.0655. The molecule has 2 atom stereocenters. The lowest BCUT2D eigenvalue weighted by Crippen LogP contribution is -2.41. The number of aliphatic hydroxyl groups excluding tert-OH is 1. The summed E-state index contributed by atoms with van der Waals surface area (Å²) in [5.74, 6) is -1.43. The van der Waals surface area contributed by atoms with Crippen molar-refractivity contribution in [2.24, 2.45) is 0 Å². The minimum atomic E-state index is -0.794. The zero-order valence-corrected chi connectivity index (χ0v) is 10.4. The normalized spacial score (nSPS) is 22.4. The molecule has 6 heteroatoms. The van der Waals surface area contributed by atoms with Gasteiger partial charge in [-0.1, -0.05) is 0 Å². The molecule has 1 aliphatic rings. The second kappa shape index (κ2) is 5.36. The van der Waals surface area contributed by atoms with Gasteiger partial charge in [-0.25, -0.2) is 9.18 Å². The summed E-state index contributed by atoms with van der Waals surface area (Å²) < 4.78 is 17.4. The molecule has 1 aliphatic heterocycles. The van der Waals surface area contributed by atoms with Crippen molar-refractivity contribution < 1.29 is 23.8 Å². The molecule has 0 aliphatic carbocycles. The molecule has 0 saturated carbocycles. The largest absolute Gasteiger partial charge is 0.467 e. The van der Waals surface area contributed by atoms with Crippen LogP contribution in [0.4, 0.5) is 4.39 Å². The van der Waals surface area contributed by atoms with Crippen LogP contribution >= 0.6 is 0 Å². The maximum absolute atomic E-state index is 12.8. The summed E-state index contributed by atoms with van der Waals surface area (Å²) in [7, 11) is 1.23. The molecule has 5 nitrogen and oxygen atoms in total. The first-order valence-electron chi connectivity index (χ1n) is 5.85. The summed E-state index contributed by atoms with van der Waals surface area (Å²) >= 11 is 0. The fourth-order valence-corrected chi connectivity index (χ4v) is 2.16. The Labute approximate surface area is 109 Å². The number of nitrogens with zero attached hydrogens (tertiary/aromatic N) is 1. The maximum Gasteiger partial charge on any atom is 0.328 e. The van der Waals surface area contributed by atoms with Crippen LogP contribution in [0.15, 0.2) is 24.3 Å². The number of aliphatic hydroxyl groups is 1. The number of halogens is 1. The van der Waals surface area contributed by atoms with Crippen molar-refractivity contribution in [3.8, 4) is 0 Å². The summed E-state index contributed by atoms with van der Waals surface area (Å²) in [5, 5.41) is 9.59. The van der Waals surface area contributed by atoms with Crippen molar-refractivity contribution in [1.29, 1.82) is 0 Å². The zero-order chi connectivity index (χ0) is 14.0. The highest BCUT2D eigenvalue weighted by molar-refractivity contribution is 5.97. The van der Waals surface area contributed by atoms with Crippen LogP contribution < -0.4 is 0 Å². The van der Waals surface area contributed by atoms with Crippen LogP contribution in [0.5, 0.6) is 0 Å². The van der Waals surface area contributed by atoms with Crippen LogP contribution in [0, 0.1) is 5.82 Å². The predicted molar refractivity (Wildman–Crippen MR) is 63.9 cm³/mol. The van der Waals surface area contributed by atoms with E-state index in [9.17, 15) is 19.1 Å². The van der Waals surface area contributed by atoms with Crippen molar-refractivity contribution in [3.63, 3.8) is 0 Å². The average Bonchev–Trinajstić information content (AvgIpc) is 2.80. The molecule has 19 heavy (non-hydrogen) atoms. The lowest BCUT2D eigenvalue weighted by Gasteiger charge is -2.22. The Hall–Kier alpha value is -1.95. The van der Waals surface area contributed by atoms with Gasteiger partial charge in [0.1, 0.15) is 11.9 Å². The molecule has 0 unspecified atom stereocenters. The number of hydrogen-bond donors (Lipinski definition) is 1. The molecule has 1 N–H and O–H groups in total. The van der Waals surface area contributed by atoms with Gasteiger partial charge in [0.2, 0.25) is 0 Å². The second-order valence-electron chi connectivity index (χ2n) is 4.39. The highest BCUT2D eigenvalue weighted by Crippen LogP contribution is 2.21. The van der Waals surface area contributed by atoms with E-state index in [0.717, 1.165) is 0 Å². The average molecular weight is 267 g/mol. The van der Waals surface area contributed by atoms with E-state index in [0.29, 0.717) is 0 Å². The Kier molecular flexibility index (Phi) is 3.80. The molecule has 0 spiro atoms. The van der Waals surface area contributed by atoms with E-state index in [1.807, 2.05) is 0 Å². The first kappa shape index (κ1) is 13.5. The highest BCUT2D eigenvalue weighted by atomic mass is 19.1. The second-order valence-corrected chi connectivity index (χ2v) is 4.39. The van der Waals surface area contributed by atoms with E-state index in [1.165, 1.54) is 36.3 Å². The summed E-state index contributed by atoms with van der Waals surface area (Å²) in [4.78, 5) is 25.0. The number of methoxy groups -OCH3 is 1. The first-order valence-corrected chi connectivity index (χ1v) is 5.85. The van der Waals surface area contributed by atoms with E-state index < -0.39 is 29.8 Å². The summed E-state index contributed by atoms with van der Waals surface area (Å²) in [5.41, 5.74) is 0.268. The molecule has 1 heterocycles. The Balaban J connectivity index is 2.21. The first-order chi connectivity index (χ1) is 9.02. The maximum atomic E-state index is 12.8. The van der Waals surface area contributed by atoms with Crippen molar-refractivity contribution in [3.05, 3.63) is 35.6 Å². The monoisotopic (exact) mass is 267 g/mol. The Morgan fingerprint density at radius 2 is 2.00 bits per heavy atom. The molecular weight excluding hydrogens is 253 g/mol. The fourth-order valence-electron chi connectivity index (χ4n) is 2.16. The third kappa shape index (κ3) is 2.73. The van der Waals surface area contributed by atoms with Gasteiger partial charge in [0.15, 0.2) is 0 Å². The van der Waals surface area contributed by atoms with Crippen molar-refractivity contribution in [2.45, 2.75) is 18.6 Å². The molecule has 1 fully saturated rings. The smallest absolute Gasteiger partial charge is 0.328 e. The lowest BCUT2D eigenvalue weighted by molar-refractivity contribution is -0.145. The number of β-amino-alcohol motifs (C(OH)–C–C–N with tert-alkyl or cyclic N) is 1. The number of hydrogen-bond acceptors (Lipinski definition) is 4. The Bertz CT molecular complexity index is 488. The van der Waals surface area contributed by atoms with E-state index in [2.05, 4.69) is 4.74 Å². The van der Waals surface area contributed by atoms with Gasteiger partial charge in [0.25, 0.3) is 5.91 Å². The minimum Gasteiger partial charge on any atom is -0.467 e. The van der Waals surface area contributed by atoms with Crippen LogP contribution in [0.25, 0.3) is 0 Å².